The number of hydrogen-bond donors (Lipinski definition) is 0. The van der Waals surface area contributed by atoms with E-state index in [1.54, 1.807) is 0 Å². The predicted molar refractivity (Wildman–Crippen MR) is 60.6 cm³/mol. The summed E-state index contributed by atoms with van der Waals surface area (Å²) >= 11 is 0. The molecule has 0 aromatic rings. The molecule has 0 N–H and O–H groups in total. The maximum Gasteiger partial charge on any atom is 0.239 e. The van der Waals surface area contributed by atoms with Crippen molar-refractivity contribution in [1.29, 1.82) is 0 Å². The zero-order valence-electron chi connectivity index (χ0n) is 9.91. The third-order valence-electron chi connectivity index (χ3n) is 3.90. The molecule has 2 saturated heterocycles. The van der Waals surface area contributed by atoms with Crippen LogP contribution >= 0.6 is 0 Å². The van der Waals surface area contributed by atoms with Crippen molar-refractivity contribution in [3.05, 3.63) is 0 Å². The van der Waals surface area contributed by atoms with Crippen LogP contribution in [0.25, 0.3) is 0 Å². The van der Waals surface area contributed by atoms with E-state index in [-0.39, 0.29) is 6.04 Å². The van der Waals surface area contributed by atoms with Gasteiger partial charge in [-0.15, -0.1) is 0 Å². The molecule has 1 amide bonds. The van der Waals surface area contributed by atoms with Crippen molar-refractivity contribution >= 4 is 5.91 Å². The fraction of sp³-hybridized carbons (Fsp3) is 0.917. The molecule has 0 saturated carbocycles. The molecule has 86 valence electrons. The average molecular weight is 210 g/mol. The van der Waals surface area contributed by atoms with Crippen LogP contribution in [0, 0.1) is 5.92 Å². The van der Waals surface area contributed by atoms with Crippen molar-refractivity contribution < 1.29 is 4.79 Å². The van der Waals surface area contributed by atoms with E-state index in [0.29, 0.717) is 5.91 Å². The molecule has 2 heterocycles. The lowest BCUT2D eigenvalue weighted by Crippen LogP contribution is -2.47. The van der Waals surface area contributed by atoms with Gasteiger partial charge >= 0.3 is 0 Å². The van der Waals surface area contributed by atoms with E-state index in [2.05, 4.69) is 23.8 Å². The standard InChI is InChI=1S/C12H22N2O/c1-10-5-8-14(9-6-10)12(15)11-4-3-7-13(11)2/h10-11H,3-9H2,1-2H3/t11-/m1/s1. The molecule has 2 fully saturated rings. The second-order valence-electron chi connectivity index (χ2n) is 5.15. The van der Waals surface area contributed by atoms with Gasteiger partial charge in [0, 0.05) is 13.1 Å². The van der Waals surface area contributed by atoms with Crippen LogP contribution in [-0.4, -0.2) is 48.4 Å². The summed E-state index contributed by atoms with van der Waals surface area (Å²) in [7, 11) is 2.07. The summed E-state index contributed by atoms with van der Waals surface area (Å²) in [5.74, 6) is 1.18. The van der Waals surface area contributed by atoms with E-state index >= 15 is 0 Å². The lowest BCUT2D eigenvalue weighted by atomic mass is 9.98. The second-order valence-corrected chi connectivity index (χ2v) is 5.15. The first-order valence-electron chi connectivity index (χ1n) is 6.17. The Balaban J connectivity index is 1.90. The Kier molecular flexibility index (Phi) is 3.29. The fourth-order valence-electron chi connectivity index (χ4n) is 2.66. The first kappa shape index (κ1) is 10.9. The van der Waals surface area contributed by atoms with Gasteiger partial charge in [-0.25, -0.2) is 0 Å². The number of rotatable bonds is 1. The van der Waals surface area contributed by atoms with Crippen LogP contribution in [-0.2, 0) is 4.79 Å². The van der Waals surface area contributed by atoms with Gasteiger partial charge in [0.15, 0.2) is 0 Å². The number of hydrogen-bond acceptors (Lipinski definition) is 2. The van der Waals surface area contributed by atoms with Gasteiger partial charge in [-0.2, -0.15) is 0 Å². The molecule has 2 aliphatic heterocycles. The van der Waals surface area contributed by atoms with Gasteiger partial charge in [0.2, 0.25) is 5.91 Å². The quantitative estimate of drug-likeness (QED) is 0.652. The first-order valence-corrected chi connectivity index (χ1v) is 6.17. The maximum absolute atomic E-state index is 12.2. The summed E-state index contributed by atoms with van der Waals surface area (Å²) in [6.45, 7) is 5.32. The van der Waals surface area contributed by atoms with Crippen LogP contribution in [0.5, 0.6) is 0 Å². The van der Waals surface area contributed by atoms with Gasteiger partial charge in [0.05, 0.1) is 6.04 Å². The lowest BCUT2D eigenvalue weighted by Gasteiger charge is -2.33. The summed E-state index contributed by atoms with van der Waals surface area (Å²) in [5, 5.41) is 0. The summed E-state index contributed by atoms with van der Waals surface area (Å²) < 4.78 is 0. The highest BCUT2D eigenvalue weighted by atomic mass is 16.2. The van der Waals surface area contributed by atoms with Crippen LogP contribution in [0.15, 0.2) is 0 Å². The fourth-order valence-corrected chi connectivity index (χ4v) is 2.66. The Hall–Kier alpha value is -0.570. The molecule has 0 radical (unpaired) electrons. The number of likely N-dealkylation sites (tertiary alicyclic amines) is 2. The Morgan fingerprint density at radius 1 is 1.13 bits per heavy atom. The van der Waals surface area contributed by atoms with E-state index in [9.17, 15) is 4.79 Å². The van der Waals surface area contributed by atoms with E-state index in [4.69, 9.17) is 0 Å². The van der Waals surface area contributed by atoms with Gasteiger partial charge in [-0.05, 0) is 45.2 Å². The summed E-state index contributed by atoms with van der Waals surface area (Å²) in [6, 6.07) is 0.179. The van der Waals surface area contributed by atoms with Crippen LogP contribution in [0.1, 0.15) is 32.6 Å². The molecular weight excluding hydrogens is 188 g/mol. The topological polar surface area (TPSA) is 23.6 Å². The zero-order valence-corrected chi connectivity index (χ0v) is 9.91. The molecule has 0 bridgehead atoms. The van der Waals surface area contributed by atoms with Crippen molar-refractivity contribution in [2.45, 2.75) is 38.6 Å². The summed E-state index contributed by atoms with van der Waals surface area (Å²) in [5.41, 5.74) is 0. The highest BCUT2D eigenvalue weighted by Crippen LogP contribution is 2.21. The minimum Gasteiger partial charge on any atom is -0.341 e. The third kappa shape index (κ3) is 2.33. The van der Waals surface area contributed by atoms with Gasteiger partial charge in [-0.3, -0.25) is 9.69 Å². The molecule has 0 spiro atoms. The van der Waals surface area contributed by atoms with E-state index in [1.165, 1.54) is 19.3 Å². The number of piperidine rings is 1. The van der Waals surface area contributed by atoms with Crippen LogP contribution in [0.2, 0.25) is 0 Å². The lowest BCUT2D eigenvalue weighted by molar-refractivity contribution is -0.136. The van der Waals surface area contributed by atoms with Crippen molar-refractivity contribution in [2.75, 3.05) is 26.7 Å². The van der Waals surface area contributed by atoms with E-state index in [1.807, 2.05) is 0 Å². The Morgan fingerprint density at radius 2 is 1.80 bits per heavy atom. The molecule has 0 aromatic heterocycles. The molecular formula is C12H22N2O. The number of amides is 1. The second kappa shape index (κ2) is 4.52. The van der Waals surface area contributed by atoms with Gasteiger partial charge < -0.3 is 4.90 Å². The highest BCUT2D eigenvalue weighted by Gasteiger charge is 2.32. The van der Waals surface area contributed by atoms with Gasteiger partial charge in [0.25, 0.3) is 0 Å². The summed E-state index contributed by atoms with van der Waals surface area (Å²) in [4.78, 5) is 16.5. The molecule has 1 atom stereocenters. The minimum absolute atomic E-state index is 0.179. The van der Waals surface area contributed by atoms with Crippen LogP contribution < -0.4 is 0 Å². The van der Waals surface area contributed by atoms with E-state index in [0.717, 1.165) is 32.0 Å². The van der Waals surface area contributed by atoms with Crippen molar-refractivity contribution in [3.8, 4) is 0 Å². The molecule has 0 aromatic carbocycles. The largest absolute Gasteiger partial charge is 0.341 e. The number of carbonyl (C=O) groups excluding carboxylic acids is 1. The van der Waals surface area contributed by atoms with Crippen LogP contribution in [0.4, 0.5) is 0 Å². The molecule has 0 aliphatic carbocycles. The van der Waals surface area contributed by atoms with Crippen LogP contribution in [0.3, 0.4) is 0 Å². The zero-order chi connectivity index (χ0) is 10.8. The first-order chi connectivity index (χ1) is 7.18. The monoisotopic (exact) mass is 210 g/mol. The minimum atomic E-state index is 0.179. The molecule has 2 aliphatic rings. The average Bonchev–Trinajstić information content (AvgIpc) is 2.65. The van der Waals surface area contributed by atoms with Gasteiger partial charge in [0.1, 0.15) is 0 Å². The van der Waals surface area contributed by atoms with Crippen molar-refractivity contribution in [3.63, 3.8) is 0 Å². The molecule has 15 heavy (non-hydrogen) atoms. The maximum atomic E-state index is 12.2. The Labute approximate surface area is 92.4 Å². The Morgan fingerprint density at radius 3 is 2.33 bits per heavy atom. The number of carbonyl (C=O) groups is 1. The number of nitrogens with zero attached hydrogens (tertiary/aromatic N) is 2. The van der Waals surface area contributed by atoms with Gasteiger partial charge in [-0.1, -0.05) is 6.92 Å². The summed E-state index contributed by atoms with van der Waals surface area (Å²) in [6.07, 6.45) is 4.60. The molecule has 3 nitrogen and oxygen atoms in total. The molecule has 3 heteroatoms. The van der Waals surface area contributed by atoms with Crippen molar-refractivity contribution in [2.24, 2.45) is 5.92 Å². The Bertz CT molecular complexity index is 234. The predicted octanol–water partition coefficient (Wildman–Crippen LogP) is 1.34. The number of likely N-dealkylation sites (N-methyl/N-ethyl adjacent to an activating group) is 1. The van der Waals surface area contributed by atoms with E-state index < -0.39 is 0 Å². The molecule has 0 unspecified atom stereocenters. The van der Waals surface area contributed by atoms with Crippen molar-refractivity contribution in [1.82, 2.24) is 9.80 Å². The highest BCUT2D eigenvalue weighted by molar-refractivity contribution is 5.82. The normalized spacial score (nSPS) is 29.7. The SMILES string of the molecule is CC1CCN(C(=O)[C@H]2CCCN2C)CC1. The smallest absolute Gasteiger partial charge is 0.239 e. The third-order valence-corrected chi connectivity index (χ3v) is 3.90. The molecule has 2 rings (SSSR count).